The first kappa shape index (κ1) is 29.9. The Morgan fingerprint density at radius 1 is 1.00 bits per heavy atom. The smallest absolute Gasteiger partial charge is 0.321 e. The highest BCUT2D eigenvalue weighted by molar-refractivity contribution is 6.38. The maximum Gasteiger partial charge on any atom is 0.321 e. The van der Waals surface area contributed by atoms with Gasteiger partial charge in [0.15, 0.2) is 0 Å². The van der Waals surface area contributed by atoms with Crippen LogP contribution in [0.15, 0.2) is 82.9 Å². The number of para-hydroxylation sites is 1. The number of nitrogens with zero attached hydrogens (tertiary/aromatic N) is 3. The molecule has 0 aliphatic carbocycles. The number of aromatic nitrogens is 2. The van der Waals surface area contributed by atoms with Gasteiger partial charge in [-0.05, 0) is 59.2 Å². The number of hydrogen-bond acceptors (Lipinski definition) is 3. The van der Waals surface area contributed by atoms with E-state index in [2.05, 4.69) is 6.58 Å². The highest BCUT2D eigenvalue weighted by atomic mass is 35.5. The topological polar surface area (TPSA) is 64.3 Å². The molecule has 2 heterocycles. The van der Waals surface area contributed by atoms with Crippen LogP contribution in [-0.2, 0) is 11.3 Å². The van der Waals surface area contributed by atoms with Gasteiger partial charge in [-0.3, -0.25) is 19.0 Å². The van der Waals surface area contributed by atoms with E-state index in [1.807, 2.05) is 57.2 Å². The molecule has 1 aliphatic rings. The summed E-state index contributed by atoms with van der Waals surface area (Å²) in [7, 11) is 0. The average Bonchev–Trinajstić information content (AvgIpc) is 2.98. The summed E-state index contributed by atoms with van der Waals surface area (Å²) in [4.78, 5) is 41.7. The van der Waals surface area contributed by atoms with Crippen LogP contribution in [0.1, 0.15) is 30.9 Å². The fourth-order valence-corrected chi connectivity index (χ4v) is 6.76. The Kier molecular flexibility index (Phi) is 7.72. The summed E-state index contributed by atoms with van der Waals surface area (Å²) in [6.45, 7) is 10.7. The van der Waals surface area contributed by atoms with E-state index in [0.717, 1.165) is 16.5 Å². The van der Waals surface area contributed by atoms with Crippen molar-refractivity contribution in [2.24, 2.45) is 5.92 Å². The number of fused-ring (bicyclic) bond motifs is 2. The summed E-state index contributed by atoms with van der Waals surface area (Å²) in [5.74, 6) is -0.699. The molecule has 1 fully saturated rings. The molecule has 1 saturated heterocycles. The van der Waals surface area contributed by atoms with Crippen molar-refractivity contribution in [3.63, 3.8) is 0 Å². The molecule has 224 valence electrons. The van der Waals surface area contributed by atoms with Crippen LogP contribution >= 0.6 is 23.2 Å². The number of carbonyl (C=O) groups excluding carboxylic acids is 1. The number of hydrogen-bond donors (Lipinski definition) is 0. The second-order valence-electron chi connectivity index (χ2n) is 11.6. The number of rotatable bonds is 6. The lowest BCUT2D eigenvalue weighted by Crippen LogP contribution is -2.52. The SMILES string of the molecule is C=CC(=O)N1CC(Cn2c(=O)c(=O)n(-c3c(C)cccc3C(C)C)c3cc(-c4cccc5ccc(F)c(Cl)c45)c(Cl)cc32)C1. The summed E-state index contributed by atoms with van der Waals surface area (Å²) < 4.78 is 17.6. The number of halogens is 3. The molecule has 9 heteroatoms. The summed E-state index contributed by atoms with van der Waals surface area (Å²) >= 11 is 13.5. The van der Waals surface area contributed by atoms with Gasteiger partial charge in [-0.25, -0.2) is 4.39 Å². The summed E-state index contributed by atoms with van der Waals surface area (Å²) in [6.07, 6.45) is 1.26. The third kappa shape index (κ3) is 4.84. The first-order valence-electron chi connectivity index (χ1n) is 14.4. The van der Waals surface area contributed by atoms with Gasteiger partial charge < -0.3 is 9.47 Å². The zero-order chi connectivity index (χ0) is 31.4. The number of benzene rings is 4. The Labute approximate surface area is 263 Å². The van der Waals surface area contributed by atoms with E-state index in [4.69, 9.17) is 23.2 Å². The maximum atomic E-state index is 14.7. The van der Waals surface area contributed by atoms with Crippen LogP contribution in [0.25, 0.3) is 38.6 Å². The van der Waals surface area contributed by atoms with E-state index >= 15 is 0 Å². The standard InChI is InChI=1S/C35H30Cl2FN3O3/c1-5-30(42)39-16-21(17-39)18-40-28-15-26(36)25(24-11-7-9-22-12-13-27(38)32(37)31(22)24)14-29(28)41(35(44)34(40)43)33-20(4)8-6-10-23(33)19(2)3/h5-15,19,21H,1,16-18H2,2-4H3. The molecule has 4 aromatic carbocycles. The molecule has 1 aliphatic heterocycles. The second kappa shape index (κ2) is 11.4. The van der Waals surface area contributed by atoms with Gasteiger partial charge in [0.05, 0.1) is 26.8 Å². The van der Waals surface area contributed by atoms with Crippen molar-refractivity contribution in [3.05, 3.63) is 121 Å². The van der Waals surface area contributed by atoms with Gasteiger partial charge in [0.25, 0.3) is 0 Å². The van der Waals surface area contributed by atoms with E-state index < -0.39 is 16.9 Å². The molecule has 0 N–H and O–H groups in total. The van der Waals surface area contributed by atoms with Crippen molar-refractivity contribution in [1.29, 1.82) is 0 Å². The molecule has 5 aromatic rings. The monoisotopic (exact) mass is 629 g/mol. The van der Waals surface area contributed by atoms with Gasteiger partial charge in [-0.2, -0.15) is 0 Å². The van der Waals surface area contributed by atoms with Crippen LogP contribution in [0.5, 0.6) is 0 Å². The quantitative estimate of drug-likeness (QED) is 0.144. The molecule has 0 atom stereocenters. The first-order chi connectivity index (χ1) is 21.0. The Balaban J connectivity index is 1.67. The molecular weight excluding hydrogens is 600 g/mol. The summed E-state index contributed by atoms with van der Waals surface area (Å²) in [6, 6.07) is 17.8. The van der Waals surface area contributed by atoms with E-state index in [9.17, 15) is 18.8 Å². The highest BCUT2D eigenvalue weighted by Crippen LogP contribution is 2.40. The van der Waals surface area contributed by atoms with Crippen molar-refractivity contribution >= 4 is 50.9 Å². The molecular formula is C35H30Cl2FN3O3. The van der Waals surface area contributed by atoms with Gasteiger partial charge in [-0.1, -0.05) is 86.1 Å². The highest BCUT2D eigenvalue weighted by Gasteiger charge is 2.31. The lowest BCUT2D eigenvalue weighted by molar-refractivity contribution is -0.132. The minimum absolute atomic E-state index is 0.0266. The molecule has 1 aromatic heterocycles. The first-order valence-corrected chi connectivity index (χ1v) is 15.1. The molecule has 6 rings (SSSR count). The van der Waals surface area contributed by atoms with Crippen molar-refractivity contribution in [2.75, 3.05) is 13.1 Å². The molecule has 0 saturated carbocycles. The Bertz CT molecular complexity index is 2130. The van der Waals surface area contributed by atoms with Crippen LogP contribution in [0.3, 0.4) is 0 Å². The third-order valence-electron chi connectivity index (χ3n) is 8.45. The van der Waals surface area contributed by atoms with E-state index in [1.54, 1.807) is 23.1 Å². The van der Waals surface area contributed by atoms with Crippen molar-refractivity contribution < 1.29 is 9.18 Å². The minimum Gasteiger partial charge on any atom is -0.338 e. The van der Waals surface area contributed by atoms with E-state index in [-0.39, 0.29) is 29.3 Å². The van der Waals surface area contributed by atoms with Crippen molar-refractivity contribution in [1.82, 2.24) is 14.0 Å². The predicted octanol–water partition coefficient (Wildman–Crippen LogP) is 7.49. The fraction of sp³-hybridized carbons (Fsp3) is 0.229. The molecule has 0 bridgehead atoms. The molecule has 0 unspecified atom stereocenters. The van der Waals surface area contributed by atoms with Crippen LogP contribution in [0.4, 0.5) is 4.39 Å². The second-order valence-corrected chi connectivity index (χ2v) is 12.4. The van der Waals surface area contributed by atoms with Gasteiger partial charge in [-0.15, -0.1) is 0 Å². The van der Waals surface area contributed by atoms with Gasteiger partial charge in [0, 0.05) is 36.5 Å². The minimum atomic E-state index is -0.692. The van der Waals surface area contributed by atoms with Gasteiger partial charge >= 0.3 is 11.1 Å². The van der Waals surface area contributed by atoms with Gasteiger partial charge in [0.2, 0.25) is 5.91 Å². The Hall–Kier alpha value is -4.20. The van der Waals surface area contributed by atoms with Crippen LogP contribution in [0, 0.1) is 18.7 Å². The molecule has 0 spiro atoms. The molecule has 44 heavy (non-hydrogen) atoms. The normalized spacial score (nSPS) is 13.6. The summed E-state index contributed by atoms with van der Waals surface area (Å²) in [5.41, 5.74) is 3.12. The lowest BCUT2D eigenvalue weighted by Gasteiger charge is -2.39. The Morgan fingerprint density at radius 2 is 1.73 bits per heavy atom. The molecule has 0 radical (unpaired) electrons. The molecule has 6 nitrogen and oxygen atoms in total. The predicted molar refractivity (Wildman–Crippen MR) is 176 cm³/mol. The van der Waals surface area contributed by atoms with Crippen LogP contribution in [-0.4, -0.2) is 33.0 Å². The van der Waals surface area contributed by atoms with Crippen molar-refractivity contribution in [3.8, 4) is 16.8 Å². The van der Waals surface area contributed by atoms with E-state index in [0.29, 0.717) is 51.3 Å². The van der Waals surface area contributed by atoms with Crippen LogP contribution < -0.4 is 11.1 Å². The summed E-state index contributed by atoms with van der Waals surface area (Å²) in [5, 5.41) is 1.52. The number of aryl methyl sites for hydroxylation is 1. The number of amides is 1. The zero-order valence-corrected chi connectivity index (χ0v) is 26.0. The zero-order valence-electron chi connectivity index (χ0n) is 24.5. The fourth-order valence-electron chi connectivity index (χ4n) is 6.23. The number of carbonyl (C=O) groups is 1. The third-order valence-corrected chi connectivity index (χ3v) is 9.13. The maximum absolute atomic E-state index is 14.7. The van der Waals surface area contributed by atoms with E-state index in [1.165, 1.54) is 21.3 Å². The average molecular weight is 631 g/mol. The largest absolute Gasteiger partial charge is 0.338 e. The van der Waals surface area contributed by atoms with Gasteiger partial charge in [0.1, 0.15) is 5.82 Å². The molecule has 1 amide bonds. The lowest BCUT2D eigenvalue weighted by atomic mass is 9.96. The number of likely N-dealkylation sites (tertiary alicyclic amines) is 1. The Morgan fingerprint density at radius 3 is 2.43 bits per heavy atom. The van der Waals surface area contributed by atoms with Crippen molar-refractivity contribution in [2.45, 2.75) is 33.2 Å². The van der Waals surface area contributed by atoms with Crippen LogP contribution in [0.2, 0.25) is 10.0 Å².